The van der Waals surface area contributed by atoms with Crippen LogP contribution in [0.4, 0.5) is 0 Å². The van der Waals surface area contributed by atoms with E-state index >= 15 is 0 Å². The van der Waals surface area contributed by atoms with E-state index in [1.165, 1.54) is 5.56 Å². The van der Waals surface area contributed by atoms with Gasteiger partial charge in [0.05, 0.1) is 6.61 Å². The van der Waals surface area contributed by atoms with Gasteiger partial charge in [-0.3, -0.25) is 9.59 Å². The third-order valence-corrected chi connectivity index (χ3v) is 5.02. The first kappa shape index (κ1) is 23.5. The van der Waals surface area contributed by atoms with Crippen molar-refractivity contribution in [3.63, 3.8) is 0 Å². The van der Waals surface area contributed by atoms with Gasteiger partial charge in [0.15, 0.2) is 0 Å². The maximum atomic E-state index is 13.0. The van der Waals surface area contributed by atoms with Crippen LogP contribution in [0.2, 0.25) is 0 Å². The van der Waals surface area contributed by atoms with Gasteiger partial charge in [0.1, 0.15) is 11.8 Å². The molecule has 2 rings (SSSR count). The lowest BCUT2D eigenvalue weighted by atomic mass is 10.1. The number of hydrogen-bond acceptors (Lipinski definition) is 3. The van der Waals surface area contributed by atoms with Gasteiger partial charge >= 0.3 is 0 Å². The van der Waals surface area contributed by atoms with E-state index < -0.39 is 6.04 Å². The van der Waals surface area contributed by atoms with Crippen molar-refractivity contribution >= 4 is 11.8 Å². The van der Waals surface area contributed by atoms with E-state index in [-0.39, 0.29) is 17.9 Å². The zero-order chi connectivity index (χ0) is 22.1. The van der Waals surface area contributed by atoms with Gasteiger partial charge < -0.3 is 15.0 Å². The molecule has 0 aromatic heterocycles. The van der Waals surface area contributed by atoms with E-state index in [0.717, 1.165) is 16.9 Å². The minimum atomic E-state index is -0.544. The molecule has 2 aromatic carbocycles. The van der Waals surface area contributed by atoms with E-state index in [1.54, 1.807) is 11.8 Å². The van der Waals surface area contributed by atoms with Crippen LogP contribution in [0.5, 0.6) is 5.75 Å². The summed E-state index contributed by atoms with van der Waals surface area (Å²) in [6, 6.07) is 15.3. The molecule has 0 fully saturated rings. The summed E-state index contributed by atoms with van der Waals surface area (Å²) in [5.74, 6) is 0.620. The van der Waals surface area contributed by atoms with E-state index in [2.05, 4.69) is 5.32 Å². The van der Waals surface area contributed by atoms with Crippen LogP contribution >= 0.6 is 0 Å². The van der Waals surface area contributed by atoms with Crippen LogP contribution in [0.25, 0.3) is 0 Å². The molecule has 0 aliphatic rings. The molecular formula is C25H34N2O3. The highest BCUT2D eigenvalue weighted by atomic mass is 16.5. The molecule has 2 amide bonds. The molecule has 0 heterocycles. The second kappa shape index (κ2) is 11.4. The zero-order valence-electron chi connectivity index (χ0n) is 18.8. The Morgan fingerprint density at radius 3 is 2.30 bits per heavy atom. The average Bonchev–Trinajstić information content (AvgIpc) is 2.70. The van der Waals surface area contributed by atoms with Crippen molar-refractivity contribution in [2.45, 2.75) is 66.1 Å². The lowest BCUT2D eigenvalue weighted by Crippen LogP contribution is -2.49. The molecule has 0 saturated carbocycles. The molecule has 0 radical (unpaired) electrons. The predicted octanol–water partition coefficient (Wildman–Crippen LogP) is 4.40. The van der Waals surface area contributed by atoms with E-state index in [9.17, 15) is 9.59 Å². The van der Waals surface area contributed by atoms with Gasteiger partial charge in [-0.2, -0.15) is 0 Å². The molecule has 1 atom stereocenters. The molecular weight excluding hydrogens is 376 g/mol. The molecule has 1 N–H and O–H groups in total. The summed E-state index contributed by atoms with van der Waals surface area (Å²) in [5.41, 5.74) is 3.33. The molecule has 2 aromatic rings. The number of nitrogens with zero attached hydrogens (tertiary/aromatic N) is 1. The predicted molar refractivity (Wildman–Crippen MR) is 120 cm³/mol. The number of rotatable bonds is 10. The van der Waals surface area contributed by atoms with Crippen LogP contribution in [0.15, 0.2) is 48.5 Å². The number of carbonyl (C=O) groups is 2. The molecule has 0 unspecified atom stereocenters. The van der Waals surface area contributed by atoms with Crippen molar-refractivity contribution in [1.82, 2.24) is 10.2 Å². The van der Waals surface area contributed by atoms with Crippen molar-refractivity contribution in [2.75, 3.05) is 6.61 Å². The van der Waals surface area contributed by atoms with E-state index in [4.69, 9.17) is 4.74 Å². The third kappa shape index (κ3) is 7.21. The van der Waals surface area contributed by atoms with Gasteiger partial charge in [-0.05, 0) is 64.3 Å². The van der Waals surface area contributed by atoms with Crippen LogP contribution < -0.4 is 10.1 Å². The number of benzene rings is 2. The molecule has 5 nitrogen and oxygen atoms in total. The summed E-state index contributed by atoms with van der Waals surface area (Å²) in [6.07, 6.45) is 0.923. The fourth-order valence-corrected chi connectivity index (χ4v) is 3.15. The van der Waals surface area contributed by atoms with Gasteiger partial charge in [0, 0.05) is 19.0 Å². The largest absolute Gasteiger partial charge is 0.494 e. The number of carbonyl (C=O) groups excluding carboxylic acids is 2. The van der Waals surface area contributed by atoms with Crippen molar-refractivity contribution in [1.29, 1.82) is 0 Å². The molecule has 0 aliphatic carbocycles. The Kier molecular flexibility index (Phi) is 8.90. The highest BCUT2D eigenvalue weighted by molar-refractivity contribution is 5.87. The van der Waals surface area contributed by atoms with Crippen molar-refractivity contribution in [3.05, 3.63) is 65.2 Å². The number of aryl methyl sites for hydroxylation is 2. The first-order valence-corrected chi connectivity index (χ1v) is 10.6. The Morgan fingerprint density at radius 1 is 1.00 bits per heavy atom. The zero-order valence-corrected chi connectivity index (χ0v) is 18.8. The number of ether oxygens (including phenoxy) is 1. The van der Waals surface area contributed by atoms with Crippen molar-refractivity contribution in [3.8, 4) is 5.75 Å². The summed E-state index contributed by atoms with van der Waals surface area (Å²) < 4.78 is 5.74. The first-order valence-electron chi connectivity index (χ1n) is 10.6. The summed E-state index contributed by atoms with van der Waals surface area (Å²) in [6.45, 7) is 10.5. The monoisotopic (exact) mass is 410 g/mol. The summed E-state index contributed by atoms with van der Waals surface area (Å²) in [7, 11) is 0. The maximum absolute atomic E-state index is 13.0. The molecule has 0 aliphatic heterocycles. The third-order valence-electron chi connectivity index (χ3n) is 5.02. The normalized spacial score (nSPS) is 11.8. The second-order valence-corrected chi connectivity index (χ2v) is 8.05. The smallest absolute Gasteiger partial charge is 0.242 e. The fourth-order valence-electron chi connectivity index (χ4n) is 3.15. The first-order chi connectivity index (χ1) is 14.3. The van der Waals surface area contributed by atoms with Gasteiger partial charge in [-0.15, -0.1) is 0 Å². The number of hydrogen-bond donors (Lipinski definition) is 1. The molecule has 5 heteroatoms. The fraction of sp³-hybridized carbons (Fsp3) is 0.440. The average molecular weight is 411 g/mol. The van der Waals surface area contributed by atoms with Gasteiger partial charge in [0.25, 0.3) is 0 Å². The van der Waals surface area contributed by atoms with Crippen molar-refractivity contribution in [2.24, 2.45) is 0 Å². The Hall–Kier alpha value is -2.82. The number of nitrogens with one attached hydrogen (secondary N) is 1. The Balaban J connectivity index is 2.00. The maximum Gasteiger partial charge on any atom is 0.242 e. The Labute approximate surface area is 180 Å². The van der Waals surface area contributed by atoms with Crippen LogP contribution in [0.3, 0.4) is 0 Å². The summed E-state index contributed by atoms with van der Waals surface area (Å²) >= 11 is 0. The summed E-state index contributed by atoms with van der Waals surface area (Å²) in [5, 5.41) is 2.91. The van der Waals surface area contributed by atoms with Crippen LogP contribution in [0.1, 0.15) is 50.3 Å². The lowest BCUT2D eigenvalue weighted by Gasteiger charge is -2.30. The second-order valence-electron chi connectivity index (χ2n) is 8.05. The van der Waals surface area contributed by atoms with Crippen LogP contribution in [-0.2, 0) is 16.1 Å². The standard InChI is InChI=1S/C25H34N2O3/c1-18(2)26-25(29)21(5)27(17-22-10-7-6-9-20(22)4)24(28)11-8-16-30-23-14-12-19(3)13-15-23/h6-7,9-10,12-15,18,21H,8,11,16-17H2,1-5H3,(H,26,29)/t21-/m1/s1. The highest BCUT2D eigenvalue weighted by Crippen LogP contribution is 2.16. The van der Waals surface area contributed by atoms with Crippen molar-refractivity contribution < 1.29 is 14.3 Å². The minimum Gasteiger partial charge on any atom is -0.494 e. The number of amides is 2. The molecule has 0 spiro atoms. The quantitative estimate of drug-likeness (QED) is 0.591. The lowest BCUT2D eigenvalue weighted by molar-refractivity contribution is -0.141. The van der Waals surface area contributed by atoms with E-state index in [0.29, 0.717) is 26.0 Å². The van der Waals surface area contributed by atoms with Gasteiger partial charge in [-0.25, -0.2) is 0 Å². The van der Waals surface area contributed by atoms with Gasteiger partial charge in [0.2, 0.25) is 11.8 Å². The molecule has 0 bridgehead atoms. The van der Waals surface area contributed by atoms with Crippen LogP contribution in [0, 0.1) is 13.8 Å². The van der Waals surface area contributed by atoms with Gasteiger partial charge in [-0.1, -0.05) is 42.0 Å². The molecule has 162 valence electrons. The highest BCUT2D eigenvalue weighted by Gasteiger charge is 2.26. The Bertz CT molecular complexity index is 831. The Morgan fingerprint density at radius 2 is 1.67 bits per heavy atom. The van der Waals surface area contributed by atoms with E-state index in [1.807, 2.05) is 76.2 Å². The molecule has 30 heavy (non-hydrogen) atoms. The summed E-state index contributed by atoms with van der Waals surface area (Å²) in [4.78, 5) is 27.3. The minimum absolute atomic E-state index is 0.0262. The SMILES string of the molecule is Cc1ccc(OCCCC(=O)N(Cc2ccccc2C)[C@H](C)C(=O)NC(C)C)cc1. The molecule has 0 saturated heterocycles. The van der Waals surface area contributed by atoms with Crippen LogP contribution in [-0.4, -0.2) is 35.4 Å². The topological polar surface area (TPSA) is 58.6 Å².